The first kappa shape index (κ1) is 22.5. The van der Waals surface area contributed by atoms with Crippen molar-refractivity contribution in [1.82, 2.24) is 14.5 Å². The lowest BCUT2D eigenvalue weighted by atomic mass is 10.1. The normalized spacial score (nSPS) is 13.1. The monoisotopic (exact) mass is 474 g/mol. The summed E-state index contributed by atoms with van der Waals surface area (Å²) in [7, 11) is 0. The topological polar surface area (TPSA) is 106 Å². The highest BCUT2D eigenvalue weighted by Crippen LogP contribution is 2.40. The molecule has 4 aromatic rings. The Morgan fingerprint density at radius 1 is 1.17 bits per heavy atom. The summed E-state index contributed by atoms with van der Waals surface area (Å²) < 4.78 is 20.4. The van der Waals surface area contributed by atoms with Crippen molar-refractivity contribution in [2.45, 2.75) is 38.8 Å². The van der Waals surface area contributed by atoms with Gasteiger partial charge >= 0.3 is 5.69 Å². The molecule has 1 aliphatic rings. The number of hydrogen-bond acceptors (Lipinski definition) is 5. The number of anilines is 1. The Labute approximate surface area is 199 Å². The van der Waals surface area contributed by atoms with E-state index in [1.807, 2.05) is 6.07 Å². The zero-order chi connectivity index (χ0) is 24.5. The van der Waals surface area contributed by atoms with E-state index < -0.39 is 17.2 Å². The van der Waals surface area contributed by atoms with E-state index in [1.165, 1.54) is 16.7 Å². The number of carbonyl (C=O) groups excluding carboxylic acids is 1. The maximum absolute atomic E-state index is 13.4. The van der Waals surface area contributed by atoms with Gasteiger partial charge in [0.1, 0.15) is 18.2 Å². The van der Waals surface area contributed by atoms with Crippen LogP contribution in [0.2, 0.25) is 0 Å². The summed E-state index contributed by atoms with van der Waals surface area (Å²) in [6.07, 6.45) is 1.90. The molecule has 0 saturated heterocycles. The van der Waals surface area contributed by atoms with Crippen molar-refractivity contribution in [2.24, 2.45) is 0 Å². The van der Waals surface area contributed by atoms with Crippen LogP contribution < -0.4 is 21.3 Å². The highest BCUT2D eigenvalue weighted by atomic mass is 19.1. The van der Waals surface area contributed by atoms with E-state index in [2.05, 4.69) is 15.3 Å². The first-order chi connectivity index (χ1) is 16.9. The Hall–Kier alpha value is -4.27. The number of H-pyrrole nitrogens is 1. The Morgan fingerprint density at radius 2 is 1.97 bits per heavy atom. The molecule has 1 saturated carbocycles. The first-order valence-corrected chi connectivity index (χ1v) is 11.4. The van der Waals surface area contributed by atoms with Gasteiger partial charge in [0, 0.05) is 29.9 Å². The van der Waals surface area contributed by atoms with Crippen LogP contribution in [-0.4, -0.2) is 20.4 Å². The second-order valence-electron chi connectivity index (χ2n) is 8.47. The molecule has 2 heterocycles. The molecule has 178 valence electrons. The zero-order valence-corrected chi connectivity index (χ0v) is 19.0. The molecule has 0 bridgehead atoms. The third-order valence-electron chi connectivity index (χ3n) is 5.91. The lowest BCUT2D eigenvalue weighted by molar-refractivity contribution is 0.102. The SMILES string of the molecule is CCn1c(=O)[nH]c(=O)c2c(C(=O)Nc3cccc(COc4cccc(F)c4)c3)cc(C3CC3)nc21. The highest BCUT2D eigenvalue weighted by molar-refractivity contribution is 6.11. The number of aromatic amines is 1. The Balaban J connectivity index is 1.45. The Kier molecular flexibility index (Phi) is 5.90. The van der Waals surface area contributed by atoms with Crippen molar-refractivity contribution in [2.75, 3.05) is 5.32 Å². The van der Waals surface area contributed by atoms with Crippen molar-refractivity contribution in [1.29, 1.82) is 0 Å². The molecular weight excluding hydrogens is 451 g/mol. The second kappa shape index (κ2) is 9.17. The maximum Gasteiger partial charge on any atom is 0.329 e. The van der Waals surface area contributed by atoms with Gasteiger partial charge in [-0.15, -0.1) is 0 Å². The molecule has 1 fully saturated rings. The first-order valence-electron chi connectivity index (χ1n) is 11.4. The number of pyridine rings is 1. The fourth-order valence-corrected chi connectivity index (χ4v) is 4.01. The second-order valence-corrected chi connectivity index (χ2v) is 8.47. The van der Waals surface area contributed by atoms with Crippen LogP contribution in [0.25, 0.3) is 11.0 Å². The minimum absolute atomic E-state index is 0.0824. The summed E-state index contributed by atoms with van der Waals surface area (Å²) >= 11 is 0. The summed E-state index contributed by atoms with van der Waals surface area (Å²) in [4.78, 5) is 45.2. The minimum atomic E-state index is -0.646. The van der Waals surface area contributed by atoms with E-state index in [9.17, 15) is 18.8 Å². The predicted octanol–water partition coefficient (Wildman–Crippen LogP) is 3.95. The Bertz CT molecular complexity index is 1560. The van der Waals surface area contributed by atoms with Crippen molar-refractivity contribution < 1.29 is 13.9 Å². The van der Waals surface area contributed by atoms with E-state index in [4.69, 9.17) is 4.74 Å². The number of aryl methyl sites for hydroxylation is 1. The van der Waals surface area contributed by atoms with E-state index in [-0.39, 0.29) is 34.9 Å². The quantitative estimate of drug-likeness (QED) is 0.422. The van der Waals surface area contributed by atoms with Crippen LogP contribution in [0.15, 0.2) is 64.2 Å². The molecule has 1 amide bonds. The van der Waals surface area contributed by atoms with Crippen LogP contribution in [0, 0.1) is 5.82 Å². The number of nitrogens with one attached hydrogen (secondary N) is 2. The lowest BCUT2D eigenvalue weighted by Gasteiger charge is -2.13. The molecule has 0 radical (unpaired) electrons. The number of nitrogens with zero attached hydrogens (tertiary/aromatic N) is 2. The van der Waals surface area contributed by atoms with Crippen molar-refractivity contribution in [3.63, 3.8) is 0 Å². The third kappa shape index (κ3) is 4.70. The molecular formula is C26H23FN4O4. The molecule has 2 aromatic carbocycles. The van der Waals surface area contributed by atoms with Gasteiger partial charge in [-0.25, -0.2) is 14.2 Å². The van der Waals surface area contributed by atoms with E-state index in [0.717, 1.165) is 18.4 Å². The zero-order valence-electron chi connectivity index (χ0n) is 19.0. The smallest absolute Gasteiger partial charge is 0.329 e. The van der Waals surface area contributed by atoms with Gasteiger partial charge in [0.2, 0.25) is 0 Å². The molecule has 0 unspecified atom stereocenters. The number of carbonyl (C=O) groups is 1. The summed E-state index contributed by atoms with van der Waals surface area (Å²) in [5.74, 6) is -0.248. The largest absolute Gasteiger partial charge is 0.489 e. The van der Waals surface area contributed by atoms with Crippen LogP contribution >= 0.6 is 0 Å². The van der Waals surface area contributed by atoms with E-state index >= 15 is 0 Å². The molecule has 0 spiro atoms. The van der Waals surface area contributed by atoms with Crippen LogP contribution in [0.5, 0.6) is 5.75 Å². The van der Waals surface area contributed by atoms with Crippen LogP contribution in [0.1, 0.15) is 47.3 Å². The summed E-state index contributed by atoms with van der Waals surface area (Å²) in [5, 5.41) is 2.92. The number of fused-ring (bicyclic) bond motifs is 1. The summed E-state index contributed by atoms with van der Waals surface area (Å²) in [6.45, 7) is 2.27. The van der Waals surface area contributed by atoms with E-state index in [1.54, 1.807) is 43.3 Å². The summed E-state index contributed by atoms with van der Waals surface area (Å²) in [5.41, 5.74) is 1.16. The van der Waals surface area contributed by atoms with Crippen molar-refractivity contribution in [3.05, 3.63) is 98.1 Å². The van der Waals surface area contributed by atoms with Crippen molar-refractivity contribution in [3.8, 4) is 5.75 Å². The van der Waals surface area contributed by atoms with Gasteiger partial charge in [-0.05, 0) is 55.7 Å². The molecule has 8 nitrogen and oxygen atoms in total. The standard InChI is InChI=1S/C26H23FN4O4/c1-2-31-23-22(25(33)30-26(31)34)20(13-21(29-23)16-9-10-16)24(32)28-18-7-3-5-15(11-18)14-35-19-8-4-6-17(27)12-19/h3-8,11-13,16H,2,9-10,14H2,1H3,(H,28,32)(H,30,33,34). The average molecular weight is 474 g/mol. The summed E-state index contributed by atoms with van der Waals surface area (Å²) in [6, 6.07) is 14.6. The molecule has 0 aliphatic heterocycles. The Morgan fingerprint density at radius 3 is 2.71 bits per heavy atom. The lowest BCUT2D eigenvalue weighted by Crippen LogP contribution is -2.32. The fraction of sp³-hybridized carbons (Fsp3) is 0.231. The number of amides is 1. The van der Waals surface area contributed by atoms with Gasteiger partial charge in [-0.1, -0.05) is 18.2 Å². The van der Waals surface area contributed by atoms with Gasteiger partial charge in [0.25, 0.3) is 11.5 Å². The number of halogens is 1. The maximum atomic E-state index is 13.4. The highest BCUT2D eigenvalue weighted by Gasteiger charge is 2.28. The number of hydrogen-bond donors (Lipinski definition) is 2. The average Bonchev–Trinajstić information content (AvgIpc) is 3.68. The fourth-order valence-electron chi connectivity index (χ4n) is 4.01. The number of benzene rings is 2. The van der Waals surface area contributed by atoms with Gasteiger partial charge in [0.05, 0.1) is 10.9 Å². The number of rotatable bonds is 7. The van der Waals surface area contributed by atoms with Gasteiger partial charge in [-0.2, -0.15) is 0 Å². The molecule has 0 atom stereocenters. The molecule has 9 heteroatoms. The molecule has 5 rings (SSSR count). The van der Waals surface area contributed by atoms with Gasteiger partial charge < -0.3 is 10.1 Å². The van der Waals surface area contributed by atoms with Crippen molar-refractivity contribution >= 4 is 22.6 Å². The van der Waals surface area contributed by atoms with Gasteiger partial charge in [0.15, 0.2) is 5.65 Å². The molecule has 2 aromatic heterocycles. The third-order valence-corrected chi connectivity index (χ3v) is 5.91. The number of aromatic nitrogens is 3. The molecule has 35 heavy (non-hydrogen) atoms. The van der Waals surface area contributed by atoms with Gasteiger partial charge in [-0.3, -0.25) is 19.1 Å². The minimum Gasteiger partial charge on any atom is -0.489 e. The van der Waals surface area contributed by atoms with E-state index in [0.29, 0.717) is 23.7 Å². The molecule has 1 aliphatic carbocycles. The van der Waals surface area contributed by atoms with Crippen LogP contribution in [-0.2, 0) is 13.2 Å². The molecule has 2 N–H and O–H groups in total. The predicted molar refractivity (Wildman–Crippen MR) is 129 cm³/mol. The van der Waals surface area contributed by atoms with Crippen LogP contribution in [0.3, 0.4) is 0 Å². The van der Waals surface area contributed by atoms with Crippen LogP contribution in [0.4, 0.5) is 10.1 Å². The number of ether oxygens (including phenoxy) is 1.